The van der Waals surface area contributed by atoms with Crippen LogP contribution < -0.4 is 11.0 Å². The van der Waals surface area contributed by atoms with Gasteiger partial charge in [0.05, 0.1) is 11.2 Å². The molecule has 0 atom stereocenters. The molecule has 0 aliphatic heterocycles. The zero-order valence-electron chi connectivity index (χ0n) is 16.5. The topological polar surface area (TPSA) is 64.0 Å². The normalized spacial score (nSPS) is 10.8. The lowest BCUT2D eigenvalue weighted by molar-refractivity contribution is -0.121. The van der Waals surface area contributed by atoms with Crippen LogP contribution in [0, 0.1) is 0 Å². The van der Waals surface area contributed by atoms with E-state index in [4.69, 9.17) is 0 Å². The lowest BCUT2D eigenvalue weighted by atomic mass is 10.1. The van der Waals surface area contributed by atoms with Gasteiger partial charge >= 0.3 is 5.69 Å². The Kier molecular flexibility index (Phi) is 5.95. The molecule has 0 spiro atoms. The molecule has 150 valence electrons. The summed E-state index contributed by atoms with van der Waals surface area (Å²) in [5.41, 5.74) is 2.76. The smallest absolute Gasteiger partial charge is 0.349 e. The zero-order chi connectivity index (χ0) is 20.9. The van der Waals surface area contributed by atoms with Gasteiger partial charge in [-0.1, -0.05) is 60.7 Å². The number of carbonyl (C=O) groups excluding carboxylic acids is 1. The molecule has 3 aromatic carbocycles. The fourth-order valence-corrected chi connectivity index (χ4v) is 3.75. The third-order valence-electron chi connectivity index (χ3n) is 4.89. The number of rotatable bonds is 6. The number of hydrogen-bond donors (Lipinski definition) is 1. The number of amides is 1. The Morgan fingerprint density at radius 1 is 0.967 bits per heavy atom. The number of nitrogens with zero attached hydrogens (tertiary/aromatic N) is 2. The molecule has 4 aromatic rings. The highest BCUT2D eigenvalue weighted by molar-refractivity contribution is 7.98. The van der Waals surface area contributed by atoms with E-state index in [9.17, 15) is 9.59 Å². The Bertz CT molecular complexity index is 1240. The van der Waals surface area contributed by atoms with E-state index in [0.717, 1.165) is 16.5 Å². The number of benzene rings is 3. The van der Waals surface area contributed by atoms with Crippen molar-refractivity contribution in [3.05, 3.63) is 94.9 Å². The van der Waals surface area contributed by atoms with Crippen molar-refractivity contribution in [2.75, 3.05) is 6.26 Å². The summed E-state index contributed by atoms with van der Waals surface area (Å²) in [5, 5.41) is 3.73. The predicted molar refractivity (Wildman–Crippen MR) is 122 cm³/mol. The molecule has 0 aliphatic rings. The van der Waals surface area contributed by atoms with E-state index in [2.05, 4.69) is 10.3 Å². The third-order valence-corrected chi connectivity index (χ3v) is 5.63. The molecule has 0 fully saturated rings. The fraction of sp³-hybridized carbons (Fsp3) is 0.125. The average Bonchev–Trinajstić information content (AvgIpc) is 2.80. The molecule has 0 radical (unpaired) electrons. The minimum absolute atomic E-state index is 0.0791. The average molecular weight is 416 g/mol. The van der Waals surface area contributed by atoms with Gasteiger partial charge in [0.2, 0.25) is 5.91 Å². The molecule has 0 unspecified atom stereocenters. The molecule has 1 heterocycles. The number of thioether (sulfide) groups is 1. The molecule has 6 heteroatoms. The van der Waals surface area contributed by atoms with Crippen molar-refractivity contribution < 1.29 is 4.79 Å². The van der Waals surface area contributed by atoms with Crippen LogP contribution in [0.15, 0.2) is 88.6 Å². The highest BCUT2D eigenvalue weighted by Crippen LogP contribution is 2.24. The van der Waals surface area contributed by atoms with E-state index < -0.39 is 5.69 Å². The van der Waals surface area contributed by atoms with Crippen LogP contribution in [0.4, 0.5) is 0 Å². The minimum atomic E-state index is -0.438. The fourth-order valence-electron chi connectivity index (χ4n) is 3.34. The van der Waals surface area contributed by atoms with E-state index in [-0.39, 0.29) is 12.5 Å². The Morgan fingerprint density at radius 3 is 2.40 bits per heavy atom. The van der Waals surface area contributed by atoms with Gasteiger partial charge in [-0.05, 0) is 30.0 Å². The molecule has 0 aliphatic carbocycles. The molecule has 0 saturated heterocycles. The maximum Gasteiger partial charge on any atom is 0.349 e. The van der Waals surface area contributed by atoms with E-state index >= 15 is 0 Å². The Morgan fingerprint density at radius 2 is 1.67 bits per heavy atom. The predicted octanol–water partition coefficient (Wildman–Crippen LogP) is 4.10. The molecular formula is C24H21N3O2S. The van der Waals surface area contributed by atoms with Crippen LogP contribution in [0.2, 0.25) is 0 Å². The van der Waals surface area contributed by atoms with E-state index in [0.29, 0.717) is 17.8 Å². The van der Waals surface area contributed by atoms with Gasteiger partial charge in [0.1, 0.15) is 6.54 Å². The van der Waals surface area contributed by atoms with Gasteiger partial charge in [-0.25, -0.2) is 4.79 Å². The quantitative estimate of drug-likeness (QED) is 0.482. The van der Waals surface area contributed by atoms with Crippen LogP contribution in [-0.4, -0.2) is 21.7 Å². The molecule has 5 nitrogen and oxygen atoms in total. The standard InChI is InChI=1S/C24H21N3O2S/c1-30-19-13-11-17(12-14-19)15-25-22(28)16-27-21-10-6-5-9-20(21)23(26-24(27)29)18-7-3-2-4-8-18/h2-14H,15-16H2,1H3,(H,25,28). The Hall–Kier alpha value is -3.38. The van der Waals surface area contributed by atoms with E-state index in [1.54, 1.807) is 11.8 Å². The number of para-hydroxylation sites is 1. The van der Waals surface area contributed by atoms with Crippen LogP contribution >= 0.6 is 11.8 Å². The second-order valence-electron chi connectivity index (χ2n) is 6.84. The van der Waals surface area contributed by atoms with Gasteiger partial charge in [0.15, 0.2) is 0 Å². The van der Waals surface area contributed by atoms with Crippen molar-refractivity contribution in [2.45, 2.75) is 18.0 Å². The van der Waals surface area contributed by atoms with Gasteiger partial charge in [0, 0.05) is 22.4 Å². The van der Waals surface area contributed by atoms with Crippen molar-refractivity contribution in [1.29, 1.82) is 0 Å². The number of carbonyl (C=O) groups is 1. The van der Waals surface area contributed by atoms with Crippen molar-refractivity contribution in [3.8, 4) is 11.3 Å². The first-order chi connectivity index (χ1) is 14.7. The molecule has 1 amide bonds. The van der Waals surface area contributed by atoms with E-state index in [1.807, 2.05) is 85.1 Å². The third kappa shape index (κ3) is 4.28. The number of aromatic nitrogens is 2. The summed E-state index contributed by atoms with van der Waals surface area (Å²) in [4.78, 5) is 30.8. The van der Waals surface area contributed by atoms with Crippen LogP contribution in [-0.2, 0) is 17.9 Å². The van der Waals surface area contributed by atoms with Gasteiger partial charge in [0.25, 0.3) is 0 Å². The highest BCUT2D eigenvalue weighted by atomic mass is 32.2. The Balaban J connectivity index is 1.59. The maximum atomic E-state index is 12.8. The summed E-state index contributed by atoms with van der Waals surface area (Å²) in [6.07, 6.45) is 2.02. The molecular weight excluding hydrogens is 394 g/mol. The van der Waals surface area contributed by atoms with Crippen molar-refractivity contribution in [2.24, 2.45) is 0 Å². The zero-order valence-corrected chi connectivity index (χ0v) is 17.4. The summed E-state index contributed by atoms with van der Waals surface area (Å²) in [6, 6.07) is 25.2. The largest absolute Gasteiger partial charge is 0.350 e. The lowest BCUT2D eigenvalue weighted by Gasteiger charge is -2.13. The summed E-state index contributed by atoms with van der Waals surface area (Å²) < 4.78 is 1.42. The minimum Gasteiger partial charge on any atom is -0.350 e. The molecule has 0 bridgehead atoms. The summed E-state index contributed by atoms with van der Waals surface area (Å²) >= 11 is 1.67. The van der Waals surface area contributed by atoms with Crippen molar-refractivity contribution in [3.63, 3.8) is 0 Å². The monoisotopic (exact) mass is 415 g/mol. The summed E-state index contributed by atoms with van der Waals surface area (Å²) in [6.45, 7) is 0.333. The van der Waals surface area contributed by atoms with Crippen LogP contribution in [0.1, 0.15) is 5.56 Å². The SMILES string of the molecule is CSc1ccc(CNC(=O)Cn2c(=O)nc(-c3ccccc3)c3ccccc32)cc1. The first kappa shape index (κ1) is 19.9. The summed E-state index contributed by atoms with van der Waals surface area (Å²) in [7, 11) is 0. The summed E-state index contributed by atoms with van der Waals surface area (Å²) in [5.74, 6) is -0.231. The number of hydrogen-bond acceptors (Lipinski definition) is 4. The number of nitrogens with one attached hydrogen (secondary N) is 1. The molecule has 1 aromatic heterocycles. The number of fused-ring (bicyclic) bond motifs is 1. The highest BCUT2D eigenvalue weighted by Gasteiger charge is 2.14. The van der Waals surface area contributed by atoms with Gasteiger partial charge in [-0.3, -0.25) is 9.36 Å². The van der Waals surface area contributed by atoms with Crippen LogP contribution in [0.5, 0.6) is 0 Å². The molecule has 1 N–H and O–H groups in total. The van der Waals surface area contributed by atoms with Crippen molar-refractivity contribution in [1.82, 2.24) is 14.9 Å². The Labute approximate surface area is 178 Å². The second kappa shape index (κ2) is 8.97. The first-order valence-corrected chi connectivity index (χ1v) is 10.8. The van der Waals surface area contributed by atoms with Crippen LogP contribution in [0.25, 0.3) is 22.2 Å². The maximum absolute atomic E-state index is 12.8. The second-order valence-corrected chi connectivity index (χ2v) is 7.72. The first-order valence-electron chi connectivity index (χ1n) is 9.60. The molecule has 0 saturated carbocycles. The van der Waals surface area contributed by atoms with Crippen molar-refractivity contribution >= 4 is 28.6 Å². The molecule has 4 rings (SSSR count). The van der Waals surface area contributed by atoms with Gasteiger partial charge in [-0.15, -0.1) is 11.8 Å². The lowest BCUT2D eigenvalue weighted by Crippen LogP contribution is -2.33. The van der Waals surface area contributed by atoms with Gasteiger partial charge in [-0.2, -0.15) is 4.98 Å². The van der Waals surface area contributed by atoms with Gasteiger partial charge < -0.3 is 5.32 Å². The molecule has 30 heavy (non-hydrogen) atoms. The van der Waals surface area contributed by atoms with Crippen LogP contribution in [0.3, 0.4) is 0 Å². The van der Waals surface area contributed by atoms with E-state index in [1.165, 1.54) is 9.46 Å².